The van der Waals surface area contributed by atoms with Crippen LogP contribution in [0.3, 0.4) is 0 Å². The number of allylic oxidation sites excluding steroid dienone is 5. The van der Waals surface area contributed by atoms with Crippen LogP contribution in [0.1, 0.15) is 72.3 Å². The van der Waals surface area contributed by atoms with Gasteiger partial charge in [-0.1, -0.05) is 52.5 Å². The molecule has 5 rings (SSSR count). The van der Waals surface area contributed by atoms with Crippen molar-refractivity contribution in [3.63, 3.8) is 0 Å². The minimum atomic E-state index is -1.53. The molecule has 2 aromatic heterocycles. The van der Waals surface area contributed by atoms with E-state index in [1.807, 2.05) is 44.7 Å². The van der Waals surface area contributed by atoms with Crippen molar-refractivity contribution in [3.05, 3.63) is 81.9 Å². The van der Waals surface area contributed by atoms with Crippen LogP contribution < -0.4 is 15.8 Å². The van der Waals surface area contributed by atoms with Gasteiger partial charge in [0.1, 0.15) is 17.9 Å². The minimum absolute atomic E-state index is 0.0139. The zero-order valence-electron chi connectivity index (χ0n) is 31.6. The Balaban J connectivity index is 0.00000308. The van der Waals surface area contributed by atoms with Gasteiger partial charge in [-0.05, 0) is 44.4 Å². The van der Waals surface area contributed by atoms with Crippen molar-refractivity contribution >= 4 is 46.4 Å². The number of alkyl halides is 2. The third kappa shape index (κ3) is 9.85. The molecule has 286 valence electrons. The van der Waals surface area contributed by atoms with Gasteiger partial charge >= 0.3 is 0 Å². The Morgan fingerprint density at radius 1 is 1.15 bits per heavy atom. The van der Waals surface area contributed by atoms with E-state index in [0.717, 1.165) is 5.57 Å². The van der Waals surface area contributed by atoms with E-state index in [2.05, 4.69) is 27.0 Å². The number of aromatic nitrogens is 4. The zero-order chi connectivity index (χ0) is 38.7. The van der Waals surface area contributed by atoms with Crippen molar-refractivity contribution in [1.29, 1.82) is 0 Å². The highest BCUT2D eigenvalue weighted by Crippen LogP contribution is 2.25. The van der Waals surface area contributed by atoms with Gasteiger partial charge in [0.05, 0.1) is 30.5 Å². The van der Waals surface area contributed by atoms with Crippen LogP contribution in [0.25, 0.3) is 5.78 Å². The number of hydrogen-bond acceptors (Lipinski definition) is 9. The summed E-state index contributed by atoms with van der Waals surface area (Å²) in [6.45, 7) is 16.9. The predicted molar refractivity (Wildman–Crippen MR) is 209 cm³/mol. The Kier molecular flexibility index (Phi) is 14.6. The molecule has 1 N–H and O–H groups in total. The molecule has 53 heavy (non-hydrogen) atoms. The van der Waals surface area contributed by atoms with Gasteiger partial charge in [0, 0.05) is 56.5 Å². The number of nitrogens with one attached hydrogen (secondary N) is 1. The topological polar surface area (TPSA) is 139 Å². The van der Waals surface area contributed by atoms with Crippen LogP contribution in [0, 0.1) is 0 Å². The zero-order valence-corrected chi connectivity index (χ0v) is 32.4. The van der Waals surface area contributed by atoms with Gasteiger partial charge in [0.25, 0.3) is 5.56 Å². The normalized spacial score (nSPS) is 17.0. The van der Waals surface area contributed by atoms with Crippen molar-refractivity contribution in [3.8, 4) is 0 Å². The summed E-state index contributed by atoms with van der Waals surface area (Å²) < 4.78 is 22.9. The summed E-state index contributed by atoms with van der Waals surface area (Å²) >= 11 is 6.21. The fourth-order valence-corrected chi connectivity index (χ4v) is 6.43. The Morgan fingerprint density at radius 2 is 1.89 bits per heavy atom. The maximum absolute atomic E-state index is 14.6. The van der Waals surface area contributed by atoms with E-state index >= 15 is 0 Å². The number of anilines is 1. The molecule has 3 aliphatic rings. The molecule has 0 aromatic carbocycles. The molecule has 0 unspecified atom stereocenters. The van der Waals surface area contributed by atoms with Gasteiger partial charge in [-0.25, -0.2) is 14.4 Å². The van der Waals surface area contributed by atoms with Gasteiger partial charge in [-0.3, -0.25) is 14.4 Å². The quantitative estimate of drug-likeness (QED) is 0.236. The highest BCUT2D eigenvalue weighted by Gasteiger charge is 2.30. The summed E-state index contributed by atoms with van der Waals surface area (Å²) in [5.41, 5.74) is 1.24. The van der Waals surface area contributed by atoms with Crippen molar-refractivity contribution in [2.45, 2.75) is 79.4 Å². The van der Waals surface area contributed by atoms with Crippen LogP contribution in [0.15, 0.2) is 74.8 Å². The first-order chi connectivity index (χ1) is 25.5. The second-order valence-electron chi connectivity index (χ2n) is 12.8. The summed E-state index contributed by atoms with van der Waals surface area (Å²) in [7, 11) is 0. The highest BCUT2D eigenvalue weighted by molar-refractivity contribution is 6.19. The van der Waals surface area contributed by atoms with E-state index in [1.54, 1.807) is 27.8 Å². The molecule has 13 nitrogen and oxygen atoms in total. The molecule has 0 spiro atoms. The SMILES string of the molecule is C=CC1=NC=CCC(c2nc3n(CC(=O)N/C(=C/C=C(\CC)C(C)(C)F)CCl)c(CC)c(N4CCN(C(=O)C5=CCOCC5)CC4)c(=O)n3n2)=N1.CC. The summed E-state index contributed by atoms with van der Waals surface area (Å²) in [5.74, 6) is 0.318. The Labute approximate surface area is 315 Å². The third-order valence-corrected chi connectivity index (χ3v) is 9.26. The van der Waals surface area contributed by atoms with E-state index < -0.39 is 11.6 Å². The largest absolute Gasteiger partial charge is 0.377 e. The number of carbonyl (C=O) groups excluding carboxylic acids is 2. The maximum atomic E-state index is 14.6. The van der Waals surface area contributed by atoms with Gasteiger partial charge in [-0.15, -0.1) is 16.7 Å². The number of halogens is 2. The molecule has 2 aromatic rings. The van der Waals surface area contributed by atoms with Crippen molar-refractivity contribution in [2.24, 2.45) is 9.98 Å². The van der Waals surface area contributed by atoms with Gasteiger partial charge in [0.15, 0.2) is 11.7 Å². The molecule has 0 atom stereocenters. The van der Waals surface area contributed by atoms with E-state index in [9.17, 15) is 18.8 Å². The lowest BCUT2D eigenvalue weighted by molar-refractivity contribution is -0.128. The van der Waals surface area contributed by atoms with Crippen molar-refractivity contribution in [1.82, 2.24) is 29.4 Å². The number of piperazine rings is 1. The molecule has 15 heteroatoms. The lowest BCUT2D eigenvalue weighted by Gasteiger charge is -2.37. The first-order valence-electron chi connectivity index (χ1n) is 18.2. The molecule has 0 radical (unpaired) electrons. The van der Waals surface area contributed by atoms with Gasteiger partial charge in [0.2, 0.25) is 17.6 Å². The van der Waals surface area contributed by atoms with E-state index in [1.165, 1.54) is 24.4 Å². The molecule has 1 fully saturated rings. The van der Waals surface area contributed by atoms with E-state index in [-0.39, 0.29) is 35.5 Å². The molecular formula is C38H51ClFN9O4. The van der Waals surface area contributed by atoms with Crippen molar-refractivity contribution < 1.29 is 18.7 Å². The number of carbonyl (C=O) groups is 2. The first kappa shape index (κ1) is 41.1. The van der Waals surface area contributed by atoms with Crippen LogP contribution in [0.2, 0.25) is 0 Å². The van der Waals surface area contributed by atoms with Crippen LogP contribution in [-0.2, 0) is 27.3 Å². The van der Waals surface area contributed by atoms with E-state index in [4.69, 9.17) is 21.3 Å². The molecular weight excluding hydrogens is 701 g/mol. The molecule has 0 aliphatic carbocycles. The summed E-state index contributed by atoms with van der Waals surface area (Å²) in [4.78, 5) is 58.5. The monoisotopic (exact) mass is 751 g/mol. The predicted octanol–water partition coefficient (Wildman–Crippen LogP) is 5.09. The fraction of sp³-hybridized carbons (Fsp3) is 0.500. The van der Waals surface area contributed by atoms with Crippen LogP contribution in [0.5, 0.6) is 0 Å². The van der Waals surface area contributed by atoms with Crippen LogP contribution in [-0.4, -0.2) is 98.4 Å². The summed E-state index contributed by atoms with van der Waals surface area (Å²) in [5, 5.41) is 7.46. The maximum Gasteiger partial charge on any atom is 0.299 e. The Morgan fingerprint density at radius 3 is 2.49 bits per heavy atom. The number of amides is 2. The first-order valence-corrected chi connectivity index (χ1v) is 18.7. The van der Waals surface area contributed by atoms with Crippen LogP contribution in [0.4, 0.5) is 10.1 Å². The molecule has 0 saturated carbocycles. The standard InChI is InChI=1S/C36H45ClFN9O4.C2H6/c1-6-25(36(4,5)38)11-12-26(22-37)40-30(48)23-46-28(7-2)31(44-16-18-45(19-17-44)33(49)24-13-20-51-21-14-24)34(50)47-35(46)42-32(43-47)27-10-9-15-39-29(8-3)41-27;1-2/h8-9,11-13,15H,3,6-7,10,14,16-23H2,1-2,4-5H3,(H,40,48);1-2H3/b25-11+,26-12+;. The fourth-order valence-electron chi connectivity index (χ4n) is 6.27. The number of hydrogen-bond donors (Lipinski definition) is 1. The average molecular weight is 752 g/mol. The highest BCUT2D eigenvalue weighted by atomic mass is 35.5. The summed E-state index contributed by atoms with van der Waals surface area (Å²) in [6, 6.07) is 0. The number of nitrogens with zero attached hydrogens (tertiary/aromatic N) is 8. The Hall–Kier alpha value is -4.69. The Bertz CT molecular complexity index is 1920. The lowest BCUT2D eigenvalue weighted by atomic mass is 9.97. The minimum Gasteiger partial charge on any atom is -0.377 e. The average Bonchev–Trinajstić information content (AvgIpc) is 3.48. The molecule has 2 amide bonds. The molecule has 5 heterocycles. The smallest absolute Gasteiger partial charge is 0.299 e. The van der Waals surface area contributed by atoms with Gasteiger partial charge in [-0.2, -0.15) is 9.50 Å². The van der Waals surface area contributed by atoms with Crippen LogP contribution >= 0.6 is 11.6 Å². The molecule has 3 aliphatic heterocycles. The second-order valence-corrected chi connectivity index (χ2v) is 13.0. The van der Waals surface area contributed by atoms with E-state index in [0.29, 0.717) is 99.3 Å². The number of amidine groups is 1. The second kappa shape index (κ2) is 18.9. The number of ether oxygens (including phenoxy) is 1. The lowest BCUT2D eigenvalue weighted by Crippen LogP contribution is -2.51. The number of aliphatic imine (C=N–C) groups is 2. The number of fused-ring (bicyclic) bond motifs is 1. The summed E-state index contributed by atoms with van der Waals surface area (Å²) in [6.07, 6.45) is 11.9. The molecule has 0 bridgehead atoms. The van der Waals surface area contributed by atoms with Crippen molar-refractivity contribution in [2.75, 3.05) is 50.2 Å². The third-order valence-electron chi connectivity index (χ3n) is 8.97. The molecule has 1 saturated heterocycles. The number of rotatable bonds is 12. The van der Waals surface area contributed by atoms with Gasteiger partial charge < -0.3 is 24.4 Å².